The fourth-order valence-electron chi connectivity index (χ4n) is 0.978. The number of terminal acetylenes is 2. The lowest BCUT2D eigenvalue weighted by Crippen LogP contribution is -1.88. The monoisotopic (exact) mass is 143 g/mol. The smallest absolute Gasteiger partial charge is 0.0492 e. The summed E-state index contributed by atoms with van der Waals surface area (Å²) in [6.07, 6.45) is 13.5. The first-order chi connectivity index (χ1) is 5.38. The minimum atomic E-state index is 0.629. The standard InChI is InChI=1S/C10H9N/c1-3-5-9-7-8-11-10(9)6-4-2/h1-2,7-8,11H,5-6H2. The zero-order valence-electron chi connectivity index (χ0n) is 6.22. The topological polar surface area (TPSA) is 15.8 Å². The zero-order chi connectivity index (χ0) is 8.10. The van der Waals surface area contributed by atoms with Crippen molar-refractivity contribution in [3.63, 3.8) is 0 Å². The Kier molecular flexibility index (Phi) is 2.42. The molecule has 1 aromatic rings. The number of aromatic nitrogens is 1. The van der Waals surface area contributed by atoms with E-state index >= 15 is 0 Å². The van der Waals surface area contributed by atoms with E-state index in [4.69, 9.17) is 12.8 Å². The zero-order valence-corrected chi connectivity index (χ0v) is 6.22. The van der Waals surface area contributed by atoms with Crippen LogP contribution >= 0.6 is 0 Å². The predicted octanol–water partition coefficient (Wildman–Crippen LogP) is 1.37. The van der Waals surface area contributed by atoms with Gasteiger partial charge in [-0.05, 0) is 11.6 Å². The van der Waals surface area contributed by atoms with E-state index in [2.05, 4.69) is 16.8 Å². The Morgan fingerprint density at radius 1 is 1.27 bits per heavy atom. The van der Waals surface area contributed by atoms with Crippen molar-refractivity contribution in [2.45, 2.75) is 12.8 Å². The Morgan fingerprint density at radius 3 is 2.64 bits per heavy atom. The molecule has 0 aliphatic rings. The Labute approximate surface area is 66.8 Å². The number of rotatable bonds is 2. The van der Waals surface area contributed by atoms with E-state index < -0.39 is 0 Å². The molecule has 0 unspecified atom stereocenters. The summed E-state index contributed by atoms with van der Waals surface area (Å²) in [7, 11) is 0. The Bertz CT molecular complexity index is 276. The second-order valence-electron chi connectivity index (χ2n) is 2.24. The van der Waals surface area contributed by atoms with Crippen molar-refractivity contribution in [1.29, 1.82) is 0 Å². The normalized spacial score (nSPS) is 8.55. The van der Waals surface area contributed by atoms with Gasteiger partial charge in [-0.25, -0.2) is 0 Å². The van der Waals surface area contributed by atoms with Gasteiger partial charge in [0.2, 0.25) is 0 Å². The highest BCUT2D eigenvalue weighted by Crippen LogP contribution is 2.06. The van der Waals surface area contributed by atoms with Crippen LogP contribution in [0.15, 0.2) is 12.3 Å². The van der Waals surface area contributed by atoms with Crippen LogP contribution < -0.4 is 0 Å². The maximum atomic E-state index is 5.17. The molecule has 0 atom stereocenters. The molecule has 1 heterocycles. The highest BCUT2D eigenvalue weighted by Gasteiger charge is 1.98. The lowest BCUT2D eigenvalue weighted by molar-refractivity contribution is 1.13. The van der Waals surface area contributed by atoms with E-state index in [1.54, 1.807) is 0 Å². The third-order valence-electron chi connectivity index (χ3n) is 1.50. The number of hydrogen-bond acceptors (Lipinski definition) is 0. The second-order valence-corrected chi connectivity index (χ2v) is 2.24. The molecule has 0 fully saturated rings. The van der Waals surface area contributed by atoms with Crippen molar-refractivity contribution in [3.8, 4) is 24.7 Å². The molecule has 54 valence electrons. The van der Waals surface area contributed by atoms with E-state index in [-0.39, 0.29) is 0 Å². The first-order valence-electron chi connectivity index (χ1n) is 3.40. The van der Waals surface area contributed by atoms with Gasteiger partial charge in [-0.2, -0.15) is 0 Å². The number of aromatic amines is 1. The van der Waals surface area contributed by atoms with E-state index in [0.29, 0.717) is 12.8 Å². The molecule has 0 aliphatic carbocycles. The summed E-state index contributed by atoms with van der Waals surface area (Å²) in [6, 6.07) is 1.96. The van der Waals surface area contributed by atoms with Crippen molar-refractivity contribution >= 4 is 0 Å². The van der Waals surface area contributed by atoms with Crippen LogP contribution in [0.2, 0.25) is 0 Å². The van der Waals surface area contributed by atoms with Gasteiger partial charge in [-0.3, -0.25) is 0 Å². The summed E-state index contributed by atoms with van der Waals surface area (Å²) in [4.78, 5) is 3.05. The minimum Gasteiger partial charge on any atom is -0.364 e. The molecule has 0 saturated heterocycles. The van der Waals surface area contributed by atoms with Crippen LogP contribution in [-0.2, 0) is 12.8 Å². The Morgan fingerprint density at radius 2 is 2.00 bits per heavy atom. The highest BCUT2D eigenvalue weighted by molar-refractivity contribution is 5.27. The van der Waals surface area contributed by atoms with Gasteiger partial charge in [-0.15, -0.1) is 24.7 Å². The molecule has 1 N–H and O–H groups in total. The van der Waals surface area contributed by atoms with Crippen LogP contribution in [0.25, 0.3) is 0 Å². The van der Waals surface area contributed by atoms with Gasteiger partial charge in [0.1, 0.15) is 0 Å². The van der Waals surface area contributed by atoms with Crippen LogP contribution in [0.5, 0.6) is 0 Å². The van der Waals surface area contributed by atoms with Gasteiger partial charge in [-0.1, -0.05) is 0 Å². The highest BCUT2D eigenvalue weighted by atomic mass is 14.7. The maximum Gasteiger partial charge on any atom is 0.0492 e. The fourth-order valence-corrected chi connectivity index (χ4v) is 0.978. The van der Waals surface area contributed by atoms with Crippen molar-refractivity contribution in [3.05, 3.63) is 23.5 Å². The lowest BCUT2D eigenvalue weighted by Gasteiger charge is -1.93. The van der Waals surface area contributed by atoms with Crippen molar-refractivity contribution < 1.29 is 0 Å². The van der Waals surface area contributed by atoms with Crippen molar-refractivity contribution in [2.75, 3.05) is 0 Å². The Balaban J connectivity index is 2.82. The average Bonchev–Trinajstić information content (AvgIpc) is 2.39. The molecule has 0 aromatic carbocycles. The van der Waals surface area contributed by atoms with Gasteiger partial charge >= 0.3 is 0 Å². The quantitative estimate of drug-likeness (QED) is 0.602. The minimum absolute atomic E-state index is 0.629. The molecule has 0 aliphatic heterocycles. The summed E-state index contributed by atoms with van der Waals surface area (Å²) < 4.78 is 0. The molecule has 0 radical (unpaired) electrons. The van der Waals surface area contributed by atoms with Crippen LogP contribution in [0.1, 0.15) is 11.3 Å². The molecule has 1 heteroatoms. The molecule has 0 spiro atoms. The summed E-state index contributed by atoms with van der Waals surface area (Å²) in [5.41, 5.74) is 2.19. The van der Waals surface area contributed by atoms with Crippen LogP contribution in [0.3, 0.4) is 0 Å². The van der Waals surface area contributed by atoms with Crippen molar-refractivity contribution in [1.82, 2.24) is 4.98 Å². The molecule has 1 nitrogen and oxygen atoms in total. The van der Waals surface area contributed by atoms with Gasteiger partial charge in [0.05, 0.1) is 0 Å². The number of nitrogens with one attached hydrogen (secondary N) is 1. The number of hydrogen-bond donors (Lipinski definition) is 1. The fraction of sp³-hybridized carbons (Fsp3) is 0.200. The largest absolute Gasteiger partial charge is 0.364 e. The summed E-state index contributed by atoms with van der Waals surface area (Å²) in [5, 5.41) is 0. The summed E-state index contributed by atoms with van der Waals surface area (Å²) in [5.74, 6) is 5.15. The third kappa shape index (κ3) is 1.66. The second kappa shape index (κ2) is 3.54. The molecule has 11 heavy (non-hydrogen) atoms. The van der Waals surface area contributed by atoms with Gasteiger partial charge in [0.25, 0.3) is 0 Å². The summed E-state index contributed by atoms with van der Waals surface area (Å²) >= 11 is 0. The molecule has 1 aromatic heterocycles. The van der Waals surface area contributed by atoms with Gasteiger partial charge < -0.3 is 4.98 Å². The molecule has 0 saturated carbocycles. The van der Waals surface area contributed by atoms with E-state index in [0.717, 1.165) is 11.3 Å². The average molecular weight is 143 g/mol. The maximum absolute atomic E-state index is 5.17. The van der Waals surface area contributed by atoms with Crippen LogP contribution in [0.4, 0.5) is 0 Å². The predicted molar refractivity (Wildman–Crippen MR) is 45.9 cm³/mol. The number of H-pyrrole nitrogens is 1. The first-order valence-corrected chi connectivity index (χ1v) is 3.40. The molecular formula is C10H9N. The lowest BCUT2D eigenvalue weighted by atomic mass is 10.1. The molecule has 0 amide bonds. The van der Waals surface area contributed by atoms with E-state index in [9.17, 15) is 0 Å². The van der Waals surface area contributed by atoms with Crippen molar-refractivity contribution in [2.24, 2.45) is 0 Å². The molecule has 1 rings (SSSR count). The summed E-state index contributed by atoms with van der Waals surface area (Å²) in [6.45, 7) is 0. The molecule has 0 bridgehead atoms. The van der Waals surface area contributed by atoms with Gasteiger partial charge in [0, 0.05) is 24.7 Å². The van der Waals surface area contributed by atoms with E-state index in [1.807, 2.05) is 12.3 Å². The van der Waals surface area contributed by atoms with E-state index in [1.165, 1.54) is 0 Å². The Hall–Kier alpha value is -1.60. The third-order valence-corrected chi connectivity index (χ3v) is 1.50. The molecular weight excluding hydrogens is 134 g/mol. The van der Waals surface area contributed by atoms with Gasteiger partial charge in [0.15, 0.2) is 0 Å². The SMILES string of the molecule is C#CCc1cc[nH]c1CC#C. The first kappa shape index (κ1) is 7.51. The van der Waals surface area contributed by atoms with Crippen LogP contribution in [-0.4, -0.2) is 4.98 Å². The van der Waals surface area contributed by atoms with Crippen LogP contribution in [0, 0.1) is 24.7 Å².